The average Bonchev–Trinajstić information content (AvgIpc) is 3.31. The van der Waals surface area contributed by atoms with E-state index in [0.29, 0.717) is 44.6 Å². The molecule has 0 fully saturated rings. The molecule has 0 saturated heterocycles. The van der Waals surface area contributed by atoms with Gasteiger partial charge in [-0.2, -0.15) is 0 Å². The zero-order chi connectivity index (χ0) is 45.8. The minimum Gasteiger partial charge on any atom is -0.489 e. The summed E-state index contributed by atoms with van der Waals surface area (Å²) in [5.74, 6) is -1.80. The lowest BCUT2D eigenvalue weighted by atomic mass is 9.98. The van der Waals surface area contributed by atoms with E-state index in [1.807, 2.05) is 103 Å². The first-order valence-electron chi connectivity index (χ1n) is 21.4. The van der Waals surface area contributed by atoms with Gasteiger partial charge in [0.2, 0.25) is 11.8 Å². The molecule has 4 atom stereocenters. The van der Waals surface area contributed by atoms with Crippen LogP contribution in [0.5, 0.6) is 5.75 Å². The Morgan fingerprint density at radius 2 is 1.19 bits per heavy atom. The molecule has 14 heteroatoms. The summed E-state index contributed by atoms with van der Waals surface area (Å²) < 4.78 is 22.1. The molecule has 0 heterocycles. The summed E-state index contributed by atoms with van der Waals surface area (Å²) in [5.41, 5.74) is 3.54. The van der Waals surface area contributed by atoms with E-state index in [-0.39, 0.29) is 45.7 Å². The topological polar surface area (TPSA) is 191 Å². The molecular formula is C50H60N4O10. The molecule has 0 aliphatic rings. The van der Waals surface area contributed by atoms with E-state index in [0.717, 1.165) is 22.3 Å². The summed E-state index contributed by atoms with van der Waals surface area (Å²) in [5, 5.41) is 21.2. The van der Waals surface area contributed by atoms with Crippen LogP contribution >= 0.6 is 0 Å². The van der Waals surface area contributed by atoms with Crippen LogP contribution < -0.4 is 26.0 Å². The van der Waals surface area contributed by atoms with Crippen molar-refractivity contribution in [3.63, 3.8) is 0 Å². The zero-order valence-electron chi connectivity index (χ0n) is 36.2. The Morgan fingerprint density at radius 3 is 1.77 bits per heavy atom. The molecule has 0 aliphatic carbocycles. The highest BCUT2D eigenvalue weighted by molar-refractivity contribution is 5.86. The third-order valence-electron chi connectivity index (χ3n) is 9.92. The van der Waals surface area contributed by atoms with Gasteiger partial charge < -0.3 is 45.3 Å². The van der Waals surface area contributed by atoms with Crippen LogP contribution in [-0.2, 0) is 54.8 Å². The smallest absolute Gasteiger partial charge is 0.408 e. The van der Waals surface area contributed by atoms with Crippen molar-refractivity contribution < 1.29 is 48.0 Å². The number of allylic oxidation sites excluding steroid dienone is 1. The Hall–Kier alpha value is -6.93. The summed E-state index contributed by atoms with van der Waals surface area (Å²) in [6.45, 7) is 7.73. The van der Waals surface area contributed by atoms with Crippen molar-refractivity contribution in [1.82, 2.24) is 21.3 Å². The molecule has 5 N–H and O–H groups in total. The van der Waals surface area contributed by atoms with Gasteiger partial charge in [-0.05, 0) is 72.9 Å². The minimum atomic E-state index is -1.11. The molecule has 0 bridgehead atoms. The highest BCUT2D eigenvalue weighted by Crippen LogP contribution is 2.17. The van der Waals surface area contributed by atoms with Gasteiger partial charge in [0.1, 0.15) is 38.2 Å². The van der Waals surface area contributed by atoms with E-state index in [4.69, 9.17) is 18.9 Å². The zero-order valence-corrected chi connectivity index (χ0v) is 36.2. The normalized spacial score (nSPS) is 12.5. The second-order valence-corrected chi connectivity index (χ2v) is 15.1. The monoisotopic (exact) mass is 876 g/mol. The third-order valence-corrected chi connectivity index (χ3v) is 9.92. The summed E-state index contributed by atoms with van der Waals surface area (Å²) in [6, 6.07) is 33.2. The van der Waals surface area contributed by atoms with Crippen molar-refractivity contribution in [1.29, 1.82) is 0 Å². The van der Waals surface area contributed by atoms with Gasteiger partial charge in [-0.25, -0.2) is 14.4 Å². The second kappa shape index (κ2) is 28.6. The van der Waals surface area contributed by atoms with Crippen molar-refractivity contribution in [2.24, 2.45) is 5.92 Å². The van der Waals surface area contributed by atoms with Crippen LogP contribution in [0.4, 0.5) is 9.59 Å². The number of hydrogen-bond acceptors (Lipinski definition) is 10. The third kappa shape index (κ3) is 19.4. The summed E-state index contributed by atoms with van der Waals surface area (Å²) in [4.78, 5) is 65.3. The summed E-state index contributed by atoms with van der Waals surface area (Å²) in [7, 11) is 0. The van der Waals surface area contributed by atoms with E-state index in [1.165, 1.54) is 6.08 Å². The maximum Gasteiger partial charge on any atom is 0.408 e. The number of hydrogen-bond donors (Lipinski definition) is 5. The number of alkyl carbamates (subject to hydrolysis) is 2. The maximum absolute atomic E-state index is 13.8. The van der Waals surface area contributed by atoms with E-state index >= 15 is 0 Å². The fraction of sp³-hybridized carbons (Fsp3) is 0.340. The Labute approximate surface area is 375 Å². The van der Waals surface area contributed by atoms with Gasteiger partial charge >= 0.3 is 18.2 Å². The molecule has 340 valence electrons. The SMILES string of the molecule is C=CCC(CC(=O)NC(CO)Cc1ccc(OCc2ccccc2)cc1)C(=O)NC(CCCCNC(=O)OCc1ccccc1)COC(=O)C(CC=C)NC(=O)OCc1ccccc1. The number of aliphatic hydroxyl groups is 1. The predicted molar refractivity (Wildman–Crippen MR) is 243 cm³/mol. The highest BCUT2D eigenvalue weighted by Gasteiger charge is 2.27. The van der Waals surface area contributed by atoms with Crippen LogP contribution in [0.2, 0.25) is 0 Å². The highest BCUT2D eigenvalue weighted by atomic mass is 16.6. The number of rotatable bonds is 28. The molecule has 14 nitrogen and oxygen atoms in total. The lowest BCUT2D eigenvalue weighted by molar-refractivity contribution is -0.147. The molecule has 4 amide bonds. The fourth-order valence-corrected chi connectivity index (χ4v) is 6.47. The lowest BCUT2D eigenvalue weighted by Gasteiger charge is -2.24. The van der Waals surface area contributed by atoms with Crippen molar-refractivity contribution in [3.05, 3.63) is 163 Å². The van der Waals surface area contributed by atoms with Crippen molar-refractivity contribution in [3.8, 4) is 5.75 Å². The van der Waals surface area contributed by atoms with Gasteiger partial charge in [0.05, 0.1) is 24.6 Å². The molecule has 4 aromatic carbocycles. The van der Waals surface area contributed by atoms with E-state index in [2.05, 4.69) is 34.4 Å². The van der Waals surface area contributed by atoms with Crippen LogP contribution in [0.25, 0.3) is 0 Å². The van der Waals surface area contributed by atoms with E-state index in [1.54, 1.807) is 18.2 Å². The van der Waals surface area contributed by atoms with Crippen LogP contribution in [0.15, 0.2) is 141 Å². The number of carbonyl (C=O) groups excluding carboxylic acids is 5. The summed E-state index contributed by atoms with van der Waals surface area (Å²) in [6.07, 6.45) is 3.36. The van der Waals surface area contributed by atoms with Crippen LogP contribution in [0.3, 0.4) is 0 Å². The minimum absolute atomic E-state index is 0.000329. The van der Waals surface area contributed by atoms with Gasteiger partial charge in [0.15, 0.2) is 0 Å². The average molecular weight is 877 g/mol. The summed E-state index contributed by atoms with van der Waals surface area (Å²) >= 11 is 0. The Kier molecular flexibility index (Phi) is 22.2. The molecular weight excluding hydrogens is 817 g/mol. The molecule has 4 aromatic rings. The number of carbonyl (C=O) groups is 5. The van der Waals surface area contributed by atoms with Gasteiger partial charge in [0, 0.05) is 13.0 Å². The number of benzene rings is 4. The Bertz CT molecular complexity index is 2030. The molecule has 0 aliphatic heterocycles. The van der Waals surface area contributed by atoms with Crippen molar-refractivity contribution >= 4 is 30.0 Å². The Morgan fingerprint density at radius 1 is 0.609 bits per heavy atom. The van der Waals surface area contributed by atoms with Gasteiger partial charge in [-0.15, -0.1) is 13.2 Å². The molecule has 0 radical (unpaired) electrons. The maximum atomic E-state index is 13.8. The van der Waals surface area contributed by atoms with Crippen LogP contribution in [0.1, 0.15) is 60.8 Å². The molecule has 0 aromatic heterocycles. The number of aliphatic hydroxyl groups excluding tert-OH is 1. The number of nitrogens with one attached hydrogen (secondary N) is 4. The first kappa shape index (κ1) is 49.7. The molecule has 4 rings (SSSR count). The first-order valence-corrected chi connectivity index (χ1v) is 21.4. The number of esters is 1. The van der Waals surface area contributed by atoms with E-state index in [9.17, 15) is 29.1 Å². The second-order valence-electron chi connectivity index (χ2n) is 15.1. The van der Waals surface area contributed by atoms with E-state index < -0.39 is 54.0 Å². The van der Waals surface area contributed by atoms with Gasteiger partial charge in [-0.3, -0.25) is 9.59 Å². The van der Waals surface area contributed by atoms with Crippen LogP contribution in [0, 0.1) is 5.92 Å². The lowest BCUT2D eigenvalue weighted by Crippen LogP contribution is -2.46. The Balaban J connectivity index is 1.32. The predicted octanol–water partition coefficient (Wildman–Crippen LogP) is 6.86. The number of amides is 4. The van der Waals surface area contributed by atoms with Crippen LogP contribution in [-0.4, -0.2) is 73.0 Å². The molecule has 0 spiro atoms. The fourth-order valence-electron chi connectivity index (χ4n) is 6.47. The molecule has 64 heavy (non-hydrogen) atoms. The van der Waals surface area contributed by atoms with Crippen molar-refractivity contribution in [2.45, 2.75) is 82.9 Å². The largest absolute Gasteiger partial charge is 0.489 e. The molecule has 4 unspecified atom stereocenters. The number of unbranched alkanes of at least 4 members (excludes halogenated alkanes) is 1. The van der Waals surface area contributed by atoms with Gasteiger partial charge in [0.25, 0.3) is 0 Å². The number of ether oxygens (including phenoxy) is 4. The van der Waals surface area contributed by atoms with Gasteiger partial charge in [-0.1, -0.05) is 115 Å². The van der Waals surface area contributed by atoms with Crippen molar-refractivity contribution in [2.75, 3.05) is 19.8 Å². The first-order chi connectivity index (χ1) is 31.1. The standard InChI is InChI=1S/C50H60N4O10/c1-3-16-41(31-46(56)52-43(32-55)30-37-25-27-44(28-26-37)61-33-38-18-8-5-9-19-38)47(57)53-42(24-14-15-29-51-49(59)63-34-39-20-10-6-11-21-39)36-62-48(58)45(17-4-2)54-50(60)64-35-40-22-12-7-13-23-40/h3-13,18-23,25-28,41-43,45,55H,1-2,14-17,24,29-36H2,(H,51,59)(H,52,56)(H,53,57)(H,54,60). The quantitative estimate of drug-likeness (QED) is 0.0174. The molecule has 0 saturated carbocycles.